The molecule has 7 heteroatoms. The van der Waals surface area contributed by atoms with Crippen LogP contribution in [-0.4, -0.2) is 30.6 Å². The molecule has 1 amide bonds. The summed E-state index contributed by atoms with van der Waals surface area (Å²) in [7, 11) is 0. The molecule has 0 aliphatic carbocycles. The topological polar surface area (TPSA) is 102 Å². The molecule has 0 bridgehead atoms. The van der Waals surface area contributed by atoms with E-state index < -0.39 is 5.91 Å². The van der Waals surface area contributed by atoms with Gasteiger partial charge in [-0.15, -0.1) is 0 Å². The van der Waals surface area contributed by atoms with Gasteiger partial charge in [-0.05, 0) is 11.6 Å². The summed E-state index contributed by atoms with van der Waals surface area (Å²) in [6, 6.07) is 10.1. The van der Waals surface area contributed by atoms with E-state index in [1.165, 1.54) is 11.6 Å². The Labute approximate surface area is 149 Å². The first kappa shape index (κ1) is 15.8. The first-order valence-electron chi connectivity index (χ1n) is 8.07. The Morgan fingerprint density at radius 3 is 2.88 bits per heavy atom. The third-order valence-electron chi connectivity index (χ3n) is 3.95. The monoisotopic (exact) mass is 344 g/mol. The first-order chi connectivity index (χ1) is 12.7. The Balaban J connectivity index is 1.64. The van der Waals surface area contributed by atoms with Gasteiger partial charge in [0.1, 0.15) is 5.52 Å². The zero-order valence-electron chi connectivity index (χ0n) is 13.8. The fourth-order valence-electron chi connectivity index (χ4n) is 2.70. The van der Waals surface area contributed by atoms with E-state index in [-0.39, 0.29) is 0 Å². The number of aromatic amines is 1. The fraction of sp³-hybridized carbons (Fsp3) is 0.0526. The number of carbonyl (C=O) groups excluding carboxylic acids is 1. The van der Waals surface area contributed by atoms with Crippen molar-refractivity contribution < 1.29 is 4.79 Å². The van der Waals surface area contributed by atoms with Gasteiger partial charge in [-0.2, -0.15) is 5.10 Å². The van der Waals surface area contributed by atoms with Crippen molar-refractivity contribution in [3.63, 3.8) is 0 Å². The minimum Gasteiger partial charge on any atom is -0.366 e. The number of rotatable bonds is 5. The van der Waals surface area contributed by atoms with Gasteiger partial charge in [0.05, 0.1) is 24.6 Å². The summed E-state index contributed by atoms with van der Waals surface area (Å²) < 4.78 is 1.86. The molecule has 3 heterocycles. The summed E-state index contributed by atoms with van der Waals surface area (Å²) in [5.41, 5.74) is 10.00. The van der Waals surface area contributed by atoms with E-state index >= 15 is 0 Å². The van der Waals surface area contributed by atoms with Crippen LogP contribution in [0, 0.1) is 0 Å². The fourth-order valence-corrected chi connectivity index (χ4v) is 2.70. The van der Waals surface area contributed by atoms with Crippen LogP contribution in [0.3, 0.4) is 0 Å². The van der Waals surface area contributed by atoms with E-state index in [1.807, 2.05) is 29.1 Å². The number of hydrogen-bond acceptors (Lipinski definition) is 4. The summed E-state index contributed by atoms with van der Waals surface area (Å²) >= 11 is 0. The molecule has 0 aliphatic heterocycles. The molecular weight excluding hydrogens is 328 g/mol. The quantitative estimate of drug-likeness (QED) is 0.543. The maximum absolute atomic E-state index is 10.9. The number of amides is 1. The van der Waals surface area contributed by atoms with Gasteiger partial charge in [-0.25, -0.2) is 9.97 Å². The SMILES string of the molecule is NC(=O)/C=C/c1c[nH]c2ncc(-c3cnn(Cc4ccccc4)c3)nc12. The second-order valence-corrected chi connectivity index (χ2v) is 5.84. The van der Waals surface area contributed by atoms with E-state index in [2.05, 4.69) is 32.2 Å². The minimum absolute atomic E-state index is 0.509. The predicted molar refractivity (Wildman–Crippen MR) is 98.9 cm³/mol. The molecule has 4 rings (SSSR count). The van der Waals surface area contributed by atoms with Crippen molar-refractivity contribution in [3.8, 4) is 11.3 Å². The molecule has 0 spiro atoms. The second kappa shape index (κ2) is 6.64. The number of nitrogens with zero attached hydrogens (tertiary/aromatic N) is 4. The number of nitrogens with two attached hydrogens (primary N) is 1. The lowest BCUT2D eigenvalue weighted by Gasteiger charge is -2.01. The molecular formula is C19H16N6O. The van der Waals surface area contributed by atoms with Crippen molar-refractivity contribution in [2.24, 2.45) is 5.73 Å². The van der Waals surface area contributed by atoms with Gasteiger partial charge in [0.15, 0.2) is 5.65 Å². The number of carbonyl (C=O) groups is 1. The Kier molecular flexibility index (Phi) is 4.03. The van der Waals surface area contributed by atoms with Crippen LogP contribution >= 0.6 is 0 Å². The molecule has 0 radical (unpaired) electrons. The minimum atomic E-state index is -0.509. The molecule has 0 fully saturated rings. The van der Waals surface area contributed by atoms with Crippen molar-refractivity contribution in [2.75, 3.05) is 0 Å². The van der Waals surface area contributed by atoms with Gasteiger partial charge in [0, 0.05) is 29.6 Å². The average Bonchev–Trinajstić information content (AvgIpc) is 3.27. The number of benzene rings is 1. The Bertz CT molecular complexity index is 1090. The van der Waals surface area contributed by atoms with Crippen molar-refractivity contribution in [1.82, 2.24) is 24.7 Å². The molecule has 4 aromatic rings. The lowest BCUT2D eigenvalue weighted by atomic mass is 10.2. The van der Waals surface area contributed by atoms with Crippen molar-refractivity contribution >= 4 is 23.1 Å². The van der Waals surface area contributed by atoms with Gasteiger partial charge >= 0.3 is 0 Å². The van der Waals surface area contributed by atoms with Crippen LogP contribution < -0.4 is 5.73 Å². The van der Waals surface area contributed by atoms with E-state index in [0.29, 0.717) is 23.4 Å². The zero-order valence-corrected chi connectivity index (χ0v) is 13.8. The number of primary amides is 1. The van der Waals surface area contributed by atoms with Gasteiger partial charge in [-0.3, -0.25) is 9.48 Å². The highest BCUT2D eigenvalue weighted by Crippen LogP contribution is 2.21. The van der Waals surface area contributed by atoms with Crippen LogP contribution in [-0.2, 0) is 11.3 Å². The lowest BCUT2D eigenvalue weighted by Crippen LogP contribution is -2.05. The average molecular weight is 344 g/mol. The summed E-state index contributed by atoms with van der Waals surface area (Å²) in [6.45, 7) is 0.688. The standard InChI is InChI=1S/C19H16N6O/c20-17(26)7-6-14-8-21-19-18(14)24-16(10-22-19)15-9-23-25(12-15)11-13-4-2-1-3-5-13/h1-10,12H,11H2,(H2,20,26)(H,21,22)/b7-6+. The summed E-state index contributed by atoms with van der Waals surface area (Å²) in [5, 5.41) is 4.40. The van der Waals surface area contributed by atoms with Gasteiger partial charge in [0.2, 0.25) is 5.91 Å². The van der Waals surface area contributed by atoms with E-state index in [9.17, 15) is 4.79 Å². The van der Waals surface area contributed by atoms with E-state index in [4.69, 9.17) is 5.73 Å². The Morgan fingerprint density at radius 1 is 1.23 bits per heavy atom. The molecule has 0 saturated carbocycles. The van der Waals surface area contributed by atoms with Crippen LogP contribution in [0.2, 0.25) is 0 Å². The molecule has 128 valence electrons. The molecule has 0 atom stereocenters. The van der Waals surface area contributed by atoms with Crippen LogP contribution in [0.1, 0.15) is 11.1 Å². The third kappa shape index (κ3) is 3.23. The second-order valence-electron chi connectivity index (χ2n) is 5.84. The molecule has 3 aromatic heterocycles. The van der Waals surface area contributed by atoms with Crippen molar-refractivity contribution in [2.45, 2.75) is 6.54 Å². The molecule has 1 aromatic carbocycles. The highest BCUT2D eigenvalue weighted by Gasteiger charge is 2.09. The summed E-state index contributed by atoms with van der Waals surface area (Å²) in [6.07, 6.45) is 10.1. The maximum Gasteiger partial charge on any atom is 0.241 e. The largest absolute Gasteiger partial charge is 0.366 e. The number of H-pyrrole nitrogens is 1. The van der Waals surface area contributed by atoms with E-state index in [1.54, 1.807) is 24.7 Å². The smallest absolute Gasteiger partial charge is 0.241 e. The lowest BCUT2D eigenvalue weighted by molar-refractivity contribution is -0.113. The normalized spacial score (nSPS) is 11.4. The highest BCUT2D eigenvalue weighted by atomic mass is 16.1. The molecule has 7 nitrogen and oxygen atoms in total. The number of fused-ring (bicyclic) bond motifs is 1. The number of hydrogen-bond donors (Lipinski definition) is 2. The maximum atomic E-state index is 10.9. The number of nitrogens with one attached hydrogen (secondary N) is 1. The van der Waals surface area contributed by atoms with Gasteiger partial charge in [-0.1, -0.05) is 30.3 Å². The van der Waals surface area contributed by atoms with Gasteiger partial charge in [0.25, 0.3) is 0 Å². The third-order valence-corrected chi connectivity index (χ3v) is 3.95. The van der Waals surface area contributed by atoms with Crippen LogP contribution in [0.5, 0.6) is 0 Å². The summed E-state index contributed by atoms with van der Waals surface area (Å²) in [5.74, 6) is -0.509. The predicted octanol–water partition coefficient (Wildman–Crippen LogP) is 2.37. The Hall–Kier alpha value is -3.74. The Morgan fingerprint density at radius 2 is 2.08 bits per heavy atom. The van der Waals surface area contributed by atoms with E-state index in [0.717, 1.165) is 11.1 Å². The van der Waals surface area contributed by atoms with Gasteiger partial charge < -0.3 is 10.7 Å². The molecule has 0 saturated heterocycles. The molecule has 0 unspecified atom stereocenters. The van der Waals surface area contributed by atoms with Crippen LogP contribution in [0.15, 0.2) is 61.2 Å². The first-order valence-corrected chi connectivity index (χ1v) is 8.07. The van der Waals surface area contributed by atoms with Crippen molar-refractivity contribution in [1.29, 1.82) is 0 Å². The number of aromatic nitrogens is 5. The summed E-state index contributed by atoms with van der Waals surface area (Å²) in [4.78, 5) is 23.0. The highest BCUT2D eigenvalue weighted by molar-refractivity contribution is 5.93. The van der Waals surface area contributed by atoms with Crippen LogP contribution in [0.25, 0.3) is 28.5 Å². The molecule has 26 heavy (non-hydrogen) atoms. The molecule has 0 aliphatic rings. The zero-order chi connectivity index (χ0) is 17.9. The van der Waals surface area contributed by atoms with Crippen LogP contribution in [0.4, 0.5) is 0 Å². The molecule has 3 N–H and O–H groups in total. The van der Waals surface area contributed by atoms with Crippen molar-refractivity contribution in [3.05, 3.63) is 72.3 Å².